The normalized spacial score (nSPS) is 11.6. The molecule has 0 unspecified atom stereocenters. The van der Waals surface area contributed by atoms with E-state index in [2.05, 4.69) is 6.58 Å². The second kappa shape index (κ2) is 5.14. The molecule has 0 fully saturated rings. The van der Waals surface area contributed by atoms with Crippen molar-refractivity contribution in [3.05, 3.63) is 36.9 Å². The Kier molecular flexibility index (Phi) is 4.09. The molecule has 0 aliphatic rings. The molecule has 5 heteroatoms. The molecule has 0 radical (unpaired) electrons. The summed E-state index contributed by atoms with van der Waals surface area (Å²) in [4.78, 5) is -0.0706. The van der Waals surface area contributed by atoms with Gasteiger partial charge in [0.2, 0.25) is 10.0 Å². The van der Waals surface area contributed by atoms with E-state index >= 15 is 0 Å². The van der Waals surface area contributed by atoms with Crippen molar-refractivity contribution in [1.82, 2.24) is 4.31 Å². The minimum atomic E-state index is -3.63. The Balaban J connectivity index is 3.20. The summed E-state index contributed by atoms with van der Waals surface area (Å²) >= 11 is 0. The molecule has 88 valence electrons. The Morgan fingerprint density at radius 2 is 2.06 bits per heavy atom. The molecular formula is C11H15NO3S. The molecule has 0 atom stereocenters. The first-order valence-electron chi connectivity index (χ1n) is 4.93. The van der Waals surface area contributed by atoms with Crippen molar-refractivity contribution in [2.75, 3.05) is 13.1 Å². The van der Waals surface area contributed by atoms with Gasteiger partial charge >= 0.3 is 0 Å². The van der Waals surface area contributed by atoms with Crippen LogP contribution in [0.5, 0.6) is 5.75 Å². The quantitative estimate of drug-likeness (QED) is 0.796. The van der Waals surface area contributed by atoms with E-state index in [1.165, 1.54) is 22.5 Å². The maximum absolute atomic E-state index is 12.1. The van der Waals surface area contributed by atoms with Gasteiger partial charge < -0.3 is 5.11 Å². The summed E-state index contributed by atoms with van der Waals surface area (Å²) in [7, 11) is -3.63. The van der Waals surface area contributed by atoms with Crippen LogP contribution < -0.4 is 0 Å². The lowest BCUT2D eigenvalue weighted by atomic mass is 10.3. The highest BCUT2D eigenvalue weighted by molar-refractivity contribution is 7.89. The van der Waals surface area contributed by atoms with Crippen LogP contribution in [0.1, 0.15) is 6.92 Å². The standard InChI is InChI=1S/C11H15NO3S/c1-3-9-12(4-2)16(14,15)11-8-6-5-7-10(11)13/h3,5-8,13H,1,4,9H2,2H3. The average Bonchev–Trinajstić information content (AvgIpc) is 2.26. The zero-order chi connectivity index (χ0) is 12.2. The van der Waals surface area contributed by atoms with Crippen LogP contribution in [0.4, 0.5) is 0 Å². The van der Waals surface area contributed by atoms with E-state index in [1.54, 1.807) is 19.1 Å². The zero-order valence-electron chi connectivity index (χ0n) is 9.13. The van der Waals surface area contributed by atoms with Crippen LogP contribution in [0.15, 0.2) is 41.8 Å². The third-order valence-electron chi connectivity index (χ3n) is 2.17. The summed E-state index contributed by atoms with van der Waals surface area (Å²) < 4.78 is 25.4. The maximum Gasteiger partial charge on any atom is 0.247 e. The maximum atomic E-state index is 12.1. The summed E-state index contributed by atoms with van der Waals surface area (Å²) in [5.74, 6) is -0.231. The highest BCUT2D eigenvalue weighted by Crippen LogP contribution is 2.24. The van der Waals surface area contributed by atoms with Gasteiger partial charge in [0.15, 0.2) is 0 Å². The number of benzene rings is 1. The number of nitrogens with zero attached hydrogens (tertiary/aromatic N) is 1. The Morgan fingerprint density at radius 3 is 2.56 bits per heavy atom. The van der Waals surface area contributed by atoms with E-state index in [0.717, 1.165) is 0 Å². The number of sulfonamides is 1. The van der Waals surface area contributed by atoms with Gasteiger partial charge in [-0.2, -0.15) is 4.31 Å². The molecule has 16 heavy (non-hydrogen) atoms. The predicted octanol–water partition coefficient (Wildman–Crippen LogP) is 1.59. The molecule has 1 aromatic rings. The number of hydrogen-bond donors (Lipinski definition) is 1. The third-order valence-corrected chi connectivity index (χ3v) is 4.16. The molecule has 0 aliphatic heterocycles. The predicted molar refractivity (Wildman–Crippen MR) is 62.7 cm³/mol. The lowest BCUT2D eigenvalue weighted by Crippen LogP contribution is -2.31. The number of rotatable bonds is 5. The van der Waals surface area contributed by atoms with Crippen molar-refractivity contribution in [2.24, 2.45) is 0 Å². The van der Waals surface area contributed by atoms with Gasteiger partial charge in [-0.3, -0.25) is 0 Å². The molecule has 1 rings (SSSR count). The second-order valence-corrected chi connectivity index (χ2v) is 5.12. The fourth-order valence-corrected chi connectivity index (χ4v) is 2.86. The molecule has 4 nitrogen and oxygen atoms in total. The number of phenols is 1. The summed E-state index contributed by atoms with van der Waals surface area (Å²) in [6, 6.07) is 5.90. The molecule has 1 aromatic carbocycles. The third kappa shape index (κ3) is 2.43. The van der Waals surface area contributed by atoms with E-state index in [-0.39, 0.29) is 17.2 Å². The topological polar surface area (TPSA) is 57.6 Å². The lowest BCUT2D eigenvalue weighted by Gasteiger charge is -2.19. The SMILES string of the molecule is C=CCN(CC)S(=O)(=O)c1ccccc1O. The molecule has 0 bridgehead atoms. The van der Waals surface area contributed by atoms with Gasteiger partial charge in [0.05, 0.1) is 0 Å². The van der Waals surface area contributed by atoms with Crippen molar-refractivity contribution in [3.63, 3.8) is 0 Å². The van der Waals surface area contributed by atoms with Crippen LogP contribution in [0, 0.1) is 0 Å². The van der Waals surface area contributed by atoms with Crippen LogP contribution in [0.2, 0.25) is 0 Å². The zero-order valence-corrected chi connectivity index (χ0v) is 9.94. The number of para-hydroxylation sites is 1. The van der Waals surface area contributed by atoms with Crippen molar-refractivity contribution < 1.29 is 13.5 Å². The lowest BCUT2D eigenvalue weighted by molar-refractivity contribution is 0.437. The summed E-state index contributed by atoms with van der Waals surface area (Å²) in [6.45, 7) is 5.81. The molecule has 0 heterocycles. The first-order valence-corrected chi connectivity index (χ1v) is 6.37. The molecule has 0 amide bonds. The highest BCUT2D eigenvalue weighted by Gasteiger charge is 2.24. The largest absolute Gasteiger partial charge is 0.507 e. The Hall–Kier alpha value is -1.33. The first-order chi connectivity index (χ1) is 7.54. The summed E-state index contributed by atoms with van der Waals surface area (Å²) in [6.07, 6.45) is 1.51. The van der Waals surface area contributed by atoms with Gasteiger partial charge in [-0.1, -0.05) is 25.1 Å². The number of phenolic OH excluding ortho intramolecular Hbond substituents is 1. The van der Waals surface area contributed by atoms with Crippen LogP contribution in [0.25, 0.3) is 0 Å². The molecule has 0 aromatic heterocycles. The average molecular weight is 241 g/mol. The van der Waals surface area contributed by atoms with Crippen LogP contribution >= 0.6 is 0 Å². The fourth-order valence-electron chi connectivity index (χ4n) is 1.36. The fraction of sp³-hybridized carbons (Fsp3) is 0.273. The first kappa shape index (κ1) is 12.7. The van der Waals surface area contributed by atoms with Gasteiger partial charge in [0.1, 0.15) is 10.6 Å². The smallest absolute Gasteiger partial charge is 0.247 e. The van der Waals surface area contributed by atoms with Crippen molar-refractivity contribution in [3.8, 4) is 5.75 Å². The minimum absolute atomic E-state index is 0.0706. The van der Waals surface area contributed by atoms with Crippen molar-refractivity contribution in [2.45, 2.75) is 11.8 Å². The second-order valence-electron chi connectivity index (χ2n) is 3.21. The highest BCUT2D eigenvalue weighted by atomic mass is 32.2. The molecule has 0 saturated heterocycles. The van der Waals surface area contributed by atoms with Crippen LogP contribution in [0.3, 0.4) is 0 Å². The van der Waals surface area contributed by atoms with E-state index in [9.17, 15) is 13.5 Å². The van der Waals surface area contributed by atoms with Crippen molar-refractivity contribution in [1.29, 1.82) is 0 Å². The number of aromatic hydroxyl groups is 1. The van der Waals surface area contributed by atoms with Crippen LogP contribution in [-0.2, 0) is 10.0 Å². The molecule has 0 aliphatic carbocycles. The molecule has 0 saturated carbocycles. The summed E-state index contributed by atoms with van der Waals surface area (Å²) in [5.41, 5.74) is 0. The minimum Gasteiger partial charge on any atom is -0.507 e. The Morgan fingerprint density at radius 1 is 1.44 bits per heavy atom. The van der Waals surface area contributed by atoms with E-state index < -0.39 is 10.0 Å². The van der Waals surface area contributed by atoms with Gasteiger partial charge in [-0.15, -0.1) is 6.58 Å². The Bertz CT molecular complexity index is 468. The van der Waals surface area contributed by atoms with Gasteiger partial charge in [0.25, 0.3) is 0 Å². The molecular weight excluding hydrogens is 226 g/mol. The van der Waals surface area contributed by atoms with Gasteiger partial charge in [-0.25, -0.2) is 8.42 Å². The van der Waals surface area contributed by atoms with Gasteiger partial charge in [0, 0.05) is 13.1 Å². The van der Waals surface area contributed by atoms with Gasteiger partial charge in [-0.05, 0) is 12.1 Å². The Labute approximate surface area is 95.9 Å². The van der Waals surface area contributed by atoms with E-state index in [0.29, 0.717) is 6.54 Å². The molecule has 1 N–H and O–H groups in total. The van der Waals surface area contributed by atoms with E-state index in [1.807, 2.05) is 0 Å². The number of likely N-dealkylation sites (N-methyl/N-ethyl adjacent to an activating group) is 1. The van der Waals surface area contributed by atoms with Crippen molar-refractivity contribution >= 4 is 10.0 Å². The van der Waals surface area contributed by atoms with E-state index in [4.69, 9.17) is 0 Å². The summed E-state index contributed by atoms with van der Waals surface area (Å²) in [5, 5.41) is 9.53. The molecule has 0 spiro atoms. The number of hydrogen-bond acceptors (Lipinski definition) is 3. The monoisotopic (exact) mass is 241 g/mol. The van der Waals surface area contributed by atoms with Crippen LogP contribution in [-0.4, -0.2) is 30.9 Å².